The fourth-order valence-corrected chi connectivity index (χ4v) is 2.98. The minimum atomic E-state index is -0.259. The molecule has 86 valence electrons. The Labute approximate surface area is 94.4 Å². The van der Waals surface area contributed by atoms with Crippen LogP contribution in [0.4, 0.5) is 4.39 Å². The minimum Gasteiger partial charge on any atom is -0.380 e. The van der Waals surface area contributed by atoms with Gasteiger partial charge in [0, 0.05) is 5.92 Å². The van der Waals surface area contributed by atoms with Crippen LogP contribution in [-0.4, -0.2) is 25.9 Å². The van der Waals surface area contributed by atoms with Gasteiger partial charge in [0.25, 0.3) is 0 Å². The molecule has 0 bridgehead atoms. The summed E-state index contributed by atoms with van der Waals surface area (Å²) in [6, 6.07) is 6.98. The SMILES string of the molecule is C[C@H]1OCC2(c3ccccc3F)COC[C@H]12. The zero-order chi connectivity index (χ0) is 11.2. The summed E-state index contributed by atoms with van der Waals surface area (Å²) in [5, 5.41) is 0. The van der Waals surface area contributed by atoms with Crippen LogP contribution in [0, 0.1) is 11.7 Å². The lowest BCUT2D eigenvalue weighted by atomic mass is 9.73. The van der Waals surface area contributed by atoms with Crippen molar-refractivity contribution in [2.75, 3.05) is 19.8 Å². The van der Waals surface area contributed by atoms with Crippen LogP contribution < -0.4 is 0 Å². The molecule has 2 aliphatic heterocycles. The van der Waals surface area contributed by atoms with Crippen LogP contribution >= 0.6 is 0 Å². The van der Waals surface area contributed by atoms with Gasteiger partial charge in [0.15, 0.2) is 0 Å². The zero-order valence-corrected chi connectivity index (χ0v) is 9.28. The molecular weight excluding hydrogens is 207 g/mol. The smallest absolute Gasteiger partial charge is 0.127 e. The second-order valence-electron chi connectivity index (χ2n) is 4.77. The fraction of sp³-hybridized carbons (Fsp3) is 0.538. The molecule has 1 aromatic carbocycles. The molecule has 3 atom stereocenters. The van der Waals surface area contributed by atoms with Crippen molar-refractivity contribution >= 4 is 0 Å². The molecule has 0 aliphatic carbocycles. The Morgan fingerprint density at radius 2 is 2.12 bits per heavy atom. The third kappa shape index (κ3) is 1.25. The molecule has 1 aromatic rings. The highest BCUT2D eigenvalue weighted by Crippen LogP contribution is 2.46. The number of benzene rings is 1. The Morgan fingerprint density at radius 3 is 2.94 bits per heavy atom. The second kappa shape index (κ2) is 3.54. The lowest BCUT2D eigenvalue weighted by Gasteiger charge is -2.27. The predicted octanol–water partition coefficient (Wildman–Crippen LogP) is 2.13. The number of rotatable bonds is 1. The molecule has 2 heterocycles. The lowest BCUT2D eigenvalue weighted by Crippen LogP contribution is -2.35. The summed E-state index contributed by atoms with van der Waals surface area (Å²) in [6.45, 7) is 3.86. The lowest BCUT2D eigenvalue weighted by molar-refractivity contribution is 0.0577. The highest BCUT2D eigenvalue weighted by atomic mass is 19.1. The number of ether oxygens (including phenoxy) is 2. The van der Waals surface area contributed by atoms with E-state index < -0.39 is 0 Å². The van der Waals surface area contributed by atoms with Crippen LogP contribution in [0.5, 0.6) is 0 Å². The molecule has 3 heteroatoms. The molecular formula is C13H15FO2. The van der Waals surface area contributed by atoms with Crippen molar-refractivity contribution < 1.29 is 13.9 Å². The first-order chi connectivity index (χ1) is 7.74. The molecule has 1 unspecified atom stereocenters. The topological polar surface area (TPSA) is 18.5 Å². The summed E-state index contributed by atoms with van der Waals surface area (Å²) in [7, 11) is 0. The maximum absolute atomic E-state index is 13.9. The summed E-state index contributed by atoms with van der Waals surface area (Å²) >= 11 is 0. The van der Waals surface area contributed by atoms with Gasteiger partial charge in [-0.25, -0.2) is 4.39 Å². The first-order valence-electron chi connectivity index (χ1n) is 5.68. The summed E-state index contributed by atoms with van der Waals surface area (Å²) < 4.78 is 25.1. The molecule has 2 nitrogen and oxygen atoms in total. The summed E-state index contributed by atoms with van der Waals surface area (Å²) in [5.74, 6) is 0.139. The van der Waals surface area contributed by atoms with Crippen molar-refractivity contribution in [3.05, 3.63) is 35.6 Å². The van der Waals surface area contributed by atoms with Crippen LogP contribution in [-0.2, 0) is 14.9 Å². The van der Waals surface area contributed by atoms with E-state index in [1.54, 1.807) is 6.07 Å². The highest BCUT2D eigenvalue weighted by molar-refractivity contribution is 5.31. The summed E-state index contributed by atoms with van der Waals surface area (Å²) in [6.07, 6.45) is 0.155. The number of hydrogen-bond donors (Lipinski definition) is 0. The average molecular weight is 222 g/mol. The van der Waals surface area contributed by atoms with Crippen molar-refractivity contribution in [3.8, 4) is 0 Å². The van der Waals surface area contributed by atoms with E-state index in [0.29, 0.717) is 19.8 Å². The molecule has 2 aliphatic rings. The van der Waals surface area contributed by atoms with Crippen LogP contribution in [0.1, 0.15) is 12.5 Å². The quantitative estimate of drug-likeness (QED) is 0.724. The highest BCUT2D eigenvalue weighted by Gasteiger charge is 2.54. The maximum Gasteiger partial charge on any atom is 0.127 e. The average Bonchev–Trinajstić information content (AvgIpc) is 2.82. The molecule has 0 N–H and O–H groups in total. The van der Waals surface area contributed by atoms with Gasteiger partial charge < -0.3 is 9.47 Å². The molecule has 2 saturated heterocycles. The monoisotopic (exact) mass is 222 g/mol. The fourth-order valence-electron chi connectivity index (χ4n) is 2.98. The summed E-state index contributed by atoms with van der Waals surface area (Å²) in [5.41, 5.74) is 0.493. The predicted molar refractivity (Wildman–Crippen MR) is 57.8 cm³/mol. The molecule has 0 spiro atoms. The molecule has 3 rings (SSSR count). The van der Waals surface area contributed by atoms with E-state index in [1.807, 2.05) is 19.1 Å². The van der Waals surface area contributed by atoms with E-state index in [0.717, 1.165) is 5.56 Å². The summed E-state index contributed by atoms with van der Waals surface area (Å²) in [4.78, 5) is 0. The van der Waals surface area contributed by atoms with Gasteiger partial charge in [0.2, 0.25) is 0 Å². The van der Waals surface area contributed by atoms with Crippen LogP contribution in [0.2, 0.25) is 0 Å². The van der Waals surface area contributed by atoms with Crippen molar-refractivity contribution in [3.63, 3.8) is 0 Å². The van der Waals surface area contributed by atoms with Crippen LogP contribution in [0.15, 0.2) is 24.3 Å². The number of fused-ring (bicyclic) bond motifs is 1. The molecule has 0 saturated carbocycles. The zero-order valence-electron chi connectivity index (χ0n) is 9.28. The minimum absolute atomic E-state index is 0.143. The van der Waals surface area contributed by atoms with E-state index in [1.165, 1.54) is 6.07 Å². The van der Waals surface area contributed by atoms with Gasteiger partial charge in [0.1, 0.15) is 5.82 Å². The van der Waals surface area contributed by atoms with E-state index >= 15 is 0 Å². The van der Waals surface area contributed by atoms with Crippen molar-refractivity contribution in [1.29, 1.82) is 0 Å². The van der Waals surface area contributed by atoms with Gasteiger partial charge in [0.05, 0.1) is 31.3 Å². The van der Waals surface area contributed by atoms with Crippen molar-refractivity contribution in [2.45, 2.75) is 18.4 Å². The van der Waals surface area contributed by atoms with E-state index in [4.69, 9.17) is 9.47 Å². The Bertz CT molecular complexity index is 407. The largest absolute Gasteiger partial charge is 0.380 e. The van der Waals surface area contributed by atoms with Gasteiger partial charge in [-0.15, -0.1) is 0 Å². The first kappa shape index (κ1) is 10.2. The standard InChI is InChI=1S/C13H15FO2/c1-9-11-6-15-7-13(11,8-16-9)10-4-2-3-5-12(10)14/h2-5,9,11H,6-8H2,1H3/t9-,11-,13?/m1/s1. The Morgan fingerprint density at radius 1 is 1.31 bits per heavy atom. The normalized spacial score (nSPS) is 37.6. The molecule has 16 heavy (non-hydrogen) atoms. The molecule has 0 aromatic heterocycles. The van der Waals surface area contributed by atoms with Crippen LogP contribution in [0.25, 0.3) is 0 Å². The van der Waals surface area contributed by atoms with E-state index in [9.17, 15) is 4.39 Å². The van der Waals surface area contributed by atoms with Crippen molar-refractivity contribution in [2.24, 2.45) is 5.92 Å². The van der Waals surface area contributed by atoms with Gasteiger partial charge in [-0.05, 0) is 18.6 Å². The molecule has 0 amide bonds. The van der Waals surface area contributed by atoms with Gasteiger partial charge in [-0.3, -0.25) is 0 Å². The third-order valence-electron chi connectivity index (χ3n) is 3.95. The van der Waals surface area contributed by atoms with Crippen LogP contribution in [0.3, 0.4) is 0 Å². The Hall–Kier alpha value is -0.930. The first-order valence-corrected chi connectivity index (χ1v) is 5.68. The molecule has 0 radical (unpaired) electrons. The van der Waals surface area contributed by atoms with Gasteiger partial charge >= 0.3 is 0 Å². The second-order valence-corrected chi connectivity index (χ2v) is 4.77. The van der Waals surface area contributed by atoms with Gasteiger partial charge in [-0.1, -0.05) is 18.2 Å². The van der Waals surface area contributed by atoms with Crippen molar-refractivity contribution in [1.82, 2.24) is 0 Å². The number of hydrogen-bond acceptors (Lipinski definition) is 2. The Balaban J connectivity index is 2.08. The Kier molecular flexibility index (Phi) is 2.26. The molecule has 2 fully saturated rings. The van der Waals surface area contributed by atoms with E-state index in [2.05, 4.69) is 0 Å². The van der Waals surface area contributed by atoms with E-state index in [-0.39, 0.29) is 23.3 Å². The third-order valence-corrected chi connectivity index (χ3v) is 3.95. The van der Waals surface area contributed by atoms with Gasteiger partial charge in [-0.2, -0.15) is 0 Å². The maximum atomic E-state index is 13.9. The number of halogens is 1.